The van der Waals surface area contributed by atoms with Crippen LogP contribution >= 0.6 is 11.8 Å². The van der Waals surface area contributed by atoms with Gasteiger partial charge in [-0.2, -0.15) is 0 Å². The Hall–Kier alpha value is -2.29. The van der Waals surface area contributed by atoms with Crippen LogP contribution in [0, 0.1) is 0 Å². The summed E-state index contributed by atoms with van der Waals surface area (Å²) in [6, 6.07) is 6.28. The summed E-state index contributed by atoms with van der Waals surface area (Å²) in [5.41, 5.74) is 1.10. The van der Waals surface area contributed by atoms with Gasteiger partial charge in [0.1, 0.15) is 0 Å². The van der Waals surface area contributed by atoms with Gasteiger partial charge in [0.25, 0.3) is 0 Å². The van der Waals surface area contributed by atoms with Gasteiger partial charge in [-0.15, -0.1) is 5.10 Å². The van der Waals surface area contributed by atoms with Crippen molar-refractivity contribution in [2.75, 3.05) is 25.5 Å². The Kier molecular flexibility index (Phi) is 5.70. The van der Waals surface area contributed by atoms with Crippen molar-refractivity contribution in [2.24, 2.45) is 0 Å². The Morgan fingerprint density at radius 3 is 2.89 bits per heavy atom. The molecule has 1 fully saturated rings. The van der Waals surface area contributed by atoms with Gasteiger partial charge < -0.3 is 14.4 Å². The van der Waals surface area contributed by atoms with Crippen LogP contribution in [0.25, 0.3) is 0 Å². The van der Waals surface area contributed by atoms with Crippen LogP contribution in [-0.4, -0.2) is 56.5 Å². The minimum absolute atomic E-state index is 0.0753. The fourth-order valence-electron chi connectivity index (χ4n) is 3.61. The number of hydrogen-bond donors (Lipinski definition) is 0. The van der Waals surface area contributed by atoms with Crippen LogP contribution in [0.1, 0.15) is 50.8 Å². The lowest BCUT2D eigenvalue weighted by atomic mass is 10.0. The molecule has 28 heavy (non-hydrogen) atoms. The molecule has 0 bridgehead atoms. The Labute approximate surface area is 168 Å². The van der Waals surface area contributed by atoms with Crippen LogP contribution in [0.15, 0.2) is 23.4 Å². The maximum absolute atomic E-state index is 12.9. The first kappa shape index (κ1) is 19.0. The third-order valence-electron chi connectivity index (χ3n) is 5.01. The van der Waals surface area contributed by atoms with Crippen molar-refractivity contribution in [1.82, 2.24) is 25.1 Å². The van der Waals surface area contributed by atoms with Gasteiger partial charge in [-0.25, -0.2) is 4.68 Å². The molecule has 1 amide bonds. The van der Waals surface area contributed by atoms with E-state index in [1.165, 1.54) is 11.8 Å². The molecule has 4 rings (SSSR count). The van der Waals surface area contributed by atoms with Crippen molar-refractivity contribution in [3.05, 3.63) is 23.8 Å². The summed E-state index contributed by atoms with van der Waals surface area (Å²) < 4.78 is 13.3. The molecule has 0 unspecified atom stereocenters. The van der Waals surface area contributed by atoms with Crippen LogP contribution in [-0.2, 0) is 4.79 Å². The number of nitrogens with zero attached hydrogens (tertiary/aromatic N) is 5. The molecule has 1 saturated heterocycles. The maximum atomic E-state index is 12.9. The number of carbonyl (C=O) groups excluding carboxylic acids is 1. The first-order valence-corrected chi connectivity index (χ1v) is 10.7. The fourth-order valence-corrected chi connectivity index (χ4v) is 4.50. The minimum atomic E-state index is 0.0753. The quantitative estimate of drug-likeness (QED) is 0.710. The van der Waals surface area contributed by atoms with E-state index in [9.17, 15) is 4.79 Å². The van der Waals surface area contributed by atoms with Crippen molar-refractivity contribution in [1.29, 1.82) is 0 Å². The molecule has 1 aromatic heterocycles. The number of carbonyl (C=O) groups is 1. The molecule has 0 N–H and O–H groups in total. The SMILES string of the molecule is CC(C)n1nnnc1SCC(=O)N1CCC[C@H]1c1ccc2c(c1)OCCCO2. The lowest BCUT2D eigenvalue weighted by Crippen LogP contribution is -2.32. The molecule has 1 atom stereocenters. The van der Waals surface area contributed by atoms with Crippen molar-refractivity contribution in [3.8, 4) is 11.5 Å². The molecule has 2 aliphatic rings. The fraction of sp³-hybridized carbons (Fsp3) is 0.579. The van der Waals surface area contributed by atoms with Crippen LogP contribution in [0.5, 0.6) is 11.5 Å². The molecule has 0 aliphatic carbocycles. The molecule has 0 spiro atoms. The smallest absolute Gasteiger partial charge is 0.233 e. The summed E-state index contributed by atoms with van der Waals surface area (Å²) in [6.45, 7) is 6.14. The van der Waals surface area contributed by atoms with Gasteiger partial charge in [0.05, 0.1) is 31.1 Å². The number of likely N-dealkylation sites (tertiary alicyclic amines) is 1. The van der Waals surface area contributed by atoms with Gasteiger partial charge in [-0.05, 0) is 54.8 Å². The van der Waals surface area contributed by atoms with Crippen LogP contribution < -0.4 is 9.47 Å². The topological polar surface area (TPSA) is 82.4 Å². The van der Waals surface area contributed by atoms with Crippen LogP contribution in [0.4, 0.5) is 0 Å². The van der Waals surface area contributed by atoms with E-state index < -0.39 is 0 Å². The Morgan fingerprint density at radius 2 is 2.07 bits per heavy atom. The van der Waals surface area contributed by atoms with Crippen molar-refractivity contribution < 1.29 is 14.3 Å². The number of rotatable bonds is 5. The van der Waals surface area contributed by atoms with E-state index in [0.29, 0.717) is 24.1 Å². The van der Waals surface area contributed by atoms with Crippen molar-refractivity contribution in [2.45, 2.75) is 50.4 Å². The zero-order chi connectivity index (χ0) is 19.5. The maximum Gasteiger partial charge on any atom is 0.233 e. The second-order valence-corrected chi connectivity index (χ2v) is 8.23. The summed E-state index contributed by atoms with van der Waals surface area (Å²) in [5.74, 6) is 2.00. The van der Waals surface area contributed by atoms with E-state index in [4.69, 9.17) is 9.47 Å². The third-order valence-corrected chi connectivity index (χ3v) is 5.92. The predicted octanol–water partition coefficient (Wildman–Crippen LogP) is 2.87. The molecule has 0 radical (unpaired) electrons. The Bertz CT molecular complexity index is 841. The lowest BCUT2D eigenvalue weighted by molar-refractivity contribution is -0.129. The second kappa shape index (κ2) is 8.38. The number of thioether (sulfide) groups is 1. The highest BCUT2D eigenvalue weighted by Crippen LogP contribution is 2.38. The monoisotopic (exact) mass is 403 g/mol. The summed E-state index contributed by atoms with van der Waals surface area (Å²) in [6.07, 6.45) is 2.84. The van der Waals surface area contributed by atoms with E-state index in [1.54, 1.807) is 4.68 Å². The number of aromatic nitrogens is 4. The summed E-state index contributed by atoms with van der Waals surface area (Å²) in [4.78, 5) is 14.9. The van der Waals surface area contributed by atoms with Gasteiger partial charge in [-0.3, -0.25) is 4.79 Å². The number of tetrazole rings is 1. The average Bonchev–Trinajstić information content (AvgIpc) is 3.31. The third kappa shape index (κ3) is 3.94. The lowest BCUT2D eigenvalue weighted by Gasteiger charge is -2.25. The molecule has 1 aromatic carbocycles. The molecule has 9 heteroatoms. The molecular weight excluding hydrogens is 378 g/mol. The number of ether oxygens (including phenoxy) is 2. The number of amides is 1. The van der Waals surface area contributed by atoms with Crippen LogP contribution in [0.2, 0.25) is 0 Å². The first-order valence-electron chi connectivity index (χ1n) is 9.73. The number of benzene rings is 1. The normalized spacial score (nSPS) is 19.1. The summed E-state index contributed by atoms with van der Waals surface area (Å²) >= 11 is 1.39. The highest BCUT2D eigenvalue weighted by molar-refractivity contribution is 7.99. The molecule has 0 saturated carbocycles. The van der Waals surface area contributed by atoms with E-state index in [1.807, 2.05) is 30.9 Å². The van der Waals surface area contributed by atoms with Gasteiger partial charge >= 0.3 is 0 Å². The van der Waals surface area contributed by atoms with E-state index in [2.05, 4.69) is 21.6 Å². The molecule has 2 aliphatic heterocycles. The standard InChI is InChI=1S/C19H25N5O3S/c1-13(2)24-19(20-21-22-24)28-12-18(25)23-8-3-5-15(23)14-6-7-16-17(11-14)27-10-4-9-26-16/h6-7,11,13,15H,3-5,8-10,12H2,1-2H3/t15-/m0/s1. The summed E-state index contributed by atoms with van der Waals surface area (Å²) in [7, 11) is 0. The van der Waals surface area contributed by atoms with Gasteiger partial charge in [0, 0.05) is 13.0 Å². The molecule has 8 nitrogen and oxygen atoms in total. The number of hydrogen-bond acceptors (Lipinski definition) is 7. The van der Waals surface area contributed by atoms with Crippen molar-refractivity contribution >= 4 is 17.7 Å². The molecule has 3 heterocycles. The molecule has 2 aromatic rings. The second-order valence-electron chi connectivity index (χ2n) is 7.29. The van der Waals surface area contributed by atoms with Gasteiger partial charge in [0.15, 0.2) is 11.5 Å². The molecule has 150 valence electrons. The zero-order valence-corrected chi connectivity index (χ0v) is 17.0. The zero-order valence-electron chi connectivity index (χ0n) is 16.2. The van der Waals surface area contributed by atoms with Crippen LogP contribution in [0.3, 0.4) is 0 Å². The van der Waals surface area contributed by atoms with Gasteiger partial charge in [0.2, 0.25) is 11.1 Å². The van der Waals surface area contributed by atoms with E-state index in [-0.39, 0.29) is 18.0 Å². The van der Waals surface area contributed by atoms with Crippen molar-refractivity contribution in [3.63, 3.8) is 0 Å². The molecular formula is C19H25N5O3S. The predicted molar refractivity (Wildman–Crippen MR) is 105 cm³/mol. The highest BCUT2D eigenvalue weighted by Gasteiger charge is 2.31. The first-order chi connectivity index (χ1) is 13.6. The van der Waals surface area contributed by atoms with E-state index >= 15 is 0 Å². The summed E-state index contributed by atoms with van der Waals surface area (Å²) in [5, 5.41) is 12.4. The average molecular weight is 404 g/mol. The highest BCUT2D eigenvalue weighted by atomic mass is 32.2. The van der Waals surface area contributed by atoms with Gasteiger partial charge in [-0.1, -0.05) is 17.8 Å². The largest absolute Gasteiger partial charge is 0.490 e. The number of fused-ring (bicyclic) bond motifs is 1. The van der Waals surface area contributed by atoms with E-state index in [0.717, 1.165) is 42.9 Å². The Balaban J connectivity index is 1.45. The Morgan fingerprint density at radius 1 is 1.25 bits per heavy atom. The minimum Gasteiger partial charge on any atom is -0.490 e.